The quantitative estimate of drug-likeness (QED) is 0.755. The van der Waals surface area contributed by atoms with E-state index in [1.807, 2.05) is 0 Å². The van der Waals surface area contributed by atoms with Gasteiger partial charge in [0.25, 0.3) is 5.91 Å². The van der Waals surface area contributed by atoms with Crippen LogP contribution in [0, 0.1) is 12.8 Å². The molecular weight excluding hydrogens is 362 g/mol. The molecular formula is C17H18ClN3O3S. The van der Waals surface area contributed by atoms with Gasteiger partial charge in [-0.2, -0.15) is 0 Å². The van der Waals surface area contributed by atoms with E-state index in [1.165, 1.54) is 18.3 Å². The number of aromatic nitrogens is 1. The van der Waals surface area contributed by atoms with Gasteiger partial charge in [0.2, 0.25) is 10.0 Å². The van der Waals surface area contributed by atoms with E-state index in [4.69, 9.17) is 11.6 Å². The summed E-state index contributed by atoms with van der Waals surface area (Å²) in [6, 6.07) is 7.59. The second-order valence-electron chi connectivity index (χ2n) is 6.10. The maximum atomic E-state index is 12.4. The van der Waals surface area contributed by atoms with Crippen LogP contribution >= 0.6 is 11.6 Å². The number of amides is 1. The number of pyridine rings is 1. The van der Waals surface area contributed by atoms with Crippen molar-refractivity contribution in [2.45, 2.75) is 24.7 Å². The molecule has 132 valence electrons. The van der Waals surface area contributed by atoms with Gasteiger partial charge in [-0.1, -0.05) is 17.7 Å². The number of rotatable bonds is 6. The first-order valence-corrected chi connectivity index (χ1v) is 9.74. The molecule has 1 heterocycles. The van der Waals surface area contributed by atoms with Gasteiger partial charge in [-0.15, -0.1) is 0 Å². The highest BCUT2D eigenvalue weighted by Gasteiger charge is 2.24. The number of carbonyl (C=O) groups excluding carboxylic acids is 1. The number of nitrogens with one attached hydrogen (secondary N) is 2. The van der Waals surface area contributed by atoms with Crippen molar-refractivity contribution < 1.29 is 13.2 Å². The molecule has 3 rings (SSSR count). The van der Waals surface area contributed by atoms with E-state index in [1.54, 1.807) is 25.1 Å². The highest BCUT2D eigenvalue weighted by Crippen LogP contribution is 2.28. The van der Waals surface area contributed by atoms with E-state index in [2.05, 4.69) is 15.0 Å². The summed E-state index contributed by atoms with van der Waals surface area (Å²) in [4.78, 5) is 16.4. The second kappa shape index (κ2) is 7.11. The Bertz CT molecular complexity index is 911. The van der Waals surface area contributed by atoms with E-state index in [-0.39, 0.29) is 10.5 Å². The zero-order valence-corrected chi connectivity index (χ0v) is 15.2. The fourth-order valence-corrected chi connectivity index (χ4v) is 3.66. The van der Waals surface area contributed by atoms with Gasteiger partial charge in [0, 0.05) is 12.1 Å². The molecule has 1 amide bonds. The van der Waals surface area contributed by atoms with Crippen LogP contribution in [0.1, 0.15) is 28.8 Å². The SMILES string of the molecule is Cc1cc(Cl)ncc1NC(=O)c1cccc(S(=O)(=O)NCC2CC2)c1. The van der Waals surface area contributed by atoms with Crippen LogP contribution in [0.2, 0.25) is 5.15 Å². The Morgan fingerprint density at radius 3 is 2.76 bits per heavy atom. The summed E-state index contributed by atoms with van der Waals surface area (Å²) in [5.41, 5.74) is 1.54. The van der Waals surface area contributed by atoms with Crippen molar-refractivity contribution in [3.63, 3.8) is 0 Å². The predicted molar refractivity (Wildman–Crippen MR) is 96.3 cm³/mol. The van der Waals surface area contributed by atoms with Gasteiger partial charge < -0.3 is 5.32 Å². The lowest BCUT2D eigenvalue weighted by Gasteiger charge is -2.10. The monoisotopic (exact) mass is 379 g/mol. The molecule has 0 saturated heterocycles. The lowest BCUT2D eigenvalue weighted by Crippen LogP contribution is -2.26. The van der Waals surface area contributed by atoms with Crippen LogP contribution in [0.15, 0.2) is 41.4 Å². The minimum Gasteiger partial charge on any atom is -0.320 e. The summed E-state index contributed by atoms with van der Waals surface area (Å²) < 4.78 is 27.2. The zero-order chi connectivity index (χ0) is 18.0. The molecule has 8 heteroatoms. The zero-order valence-electron chi connectivity index (χ0n) is 13.6. The van der Waals surface area contributed by atoms with Crippen LogP contribution in [-0.4, -0.2) is 25.9 Å². The third-order valence-corrected chi connectivity index (χ3v) is 5.62. The number of hydrogen-bond donors (Lipinski definition) is 2. The highest BCUT2D eigenvalue weighted by molar-refractivity contribution is 7.89. The Hall–Kier alpha value is -1.96. The van der Waals surface area contributed by atoms with Crippen molar-refractivity contribution in [3.8, 4) is 0 Å². The summed E-state index contributed by atoms with van der Waals surface area (Å²) in [6.45, 7) is 2.24. The molecule has 0 aliphatic heterocycles. The molecule has 0 radical (unpaired) electrons. The van der Waals surface area contributed by atoms with Crippen molar-refractivity contribution in [2.24, 2.45) is 5.92 Å². The van der Waals surface area contributed by atoms with Gasteiger partial charge in [0.1, 0.15) is 5.15 Å². The topological polar surface area (TPSA) is 88.2 Å². The molecule has 0 unspecified atom stereocenters. The first-order valence-electron chi connectivity index (χ1n) is 7.88. The van der Waals surface area contributed by atoms with Gasteiger partial charge in [0.05, 0.1) is 16.8 Å². The van der Waals surface area contributed by atoms with Gasteiger partial charge >= 0.3 is 0 Å². The molecule has 1 aromatic carbocycles. The average molecular weight is 380 g/mol. The number of carbonyl (C=O) groups is 1. The number of sulfonamides is 1. The fourth-order valence-electron chi connectivity index (χ4n) is 2.28. The van der Waals surface area contributed by atoms with Crippen molar-refractivity contribution in [3.05, 3.63) is 52.8 Å². The number of hydrogen-bond acceptors (Lipinski definition) is 4. The van der Waals surface area contributed by atoms with Gasteiger partial charge in [-0.25, -0.2) is 18.1 Å². The number of benzene rings is 1. The molecule has 1 aliphatic rings. The first kappa shape index (κ1) is 17.8. The van der Waals surface area contributed by atoms with Gasteiger partial charge in [-0.05, 0) is 55.5 Å². The molecule has 1 aliphatic carbocycles. The van der Waals surface area contributed by atoms with Crippen LogP contribution in [0.4, 0.5) is 5.69 Å². The summed E-state index contributed by atoms with van der Waals surface area (Å²) in [6.07, 6.45) is 3.58. The summed E-state index contributed by atoms with van der Waals surface area (Å²) in [5, 5.41) is 3.06. The van der Waals surface area contributed by atoms with Crippen LogP contribution in [0.3, 0.4) is 0 Å². The number of nitrogens with zero attached hydrogens (tertiary/aromatic N) is 1. The molecule has 1 aromatic heterocycles. The van der Waals surface area contributed by atoms with E-state index in [0.717, 1.165) is 18.4 Å². The predicted octanol–water partition coefficient (Wildman–Crippen LogP) is 2.98. The lowest BCUT2D eigenvalue weighted by molar-refractivity contribution is 0.102. The molecule has 0 atom stereocenters. The Kier molecular flexibility index (Phi) is 5.08. The smallest absolute Gasteiger partial charge is 0.255 e. The summed E-state index contributed by atoms with van der Waals surface area (Å²) in [5.74, 6) is 0.0214. The minimum atomic E-state index is -3.62. The Morgan fingerprint density at radius 2 is 2.08 bits per heavy atom. The largest absolute Gasteiger partial charge is 0.320 e. The van der Waals surface area contributed by atoms with Crippen LogP contribution < -0.4 is 10.0 Å². The maximum Gasteiger partial charge on any atom is 0.255 e. The van der Waals surface area contributed by atoms with Gasteiger partial charge in [0.15, 0.2) is 0 Å². The first-order chi connectivity index (χ1) is 11.8. The lowest BCUT2D eigenvalue weighted by atomic mass is 10.2. The molecule has 2 N–H and O–H groups in total. The second-order valence-corrected chi connectivity index (χ2v) is 8.25. The Morgan fingerprint density at radius 1 is 1.32 bits per heavy atom. The van der Waals surface area contributed by atoms with Crippen molar-refractivity contribution in [1.29, 1.82) is 0 Å². The van der Waals surface area contributed by atoms with E-state index < -0.39 is 15.9 Å². The van der Waals surface area contributed by atoms with E-state index in [0.29, 0.717) is 23.3 Å². The molecule has 0 spiro atoms. The normalized spacial score (nSPS) is 14.3. The average Bonchev–Trinajstić information content (AvgIpc) is 3.40. The molecule has 0 bridgehead atoms. The number of anilines is 1. The van der Waals surface area contributed by atoms with Crippen molar-refractivity contribution in [2.75, 3.05) is 11.9 Å². The molecule has 6 nitrogen and oxygen atoms in total. The Labute approximate surface area is 151 Å². The third kappa shape index (κ3) is 4.56. The van der Waals surface area contributed by atoms with Crippen LogP contribution in [-0.2, 0) is 10.0 Å². The standard InChI is InChI=1S/C17H18ClN3O3S/c1-11-7-16(18)19-10-15(11)21-17(22)13-3-2-4-14(8-13)25(23,24)20-9-12-5-6-12/h2-4,7-8,10,12,20H,5-6,9H2,1H3,(H,21,22). The molecule has 1 fully saturated rings. The number of aryl methyl sites for hydroxylation is 1. The van der Waals surface area contributed by atoms with E-state index in [9.17, 15) is 13.2 Å². The Balaban J connectivity index is 1.76. The fraction of sp³-hybridized carbons (Fsp3) is 0.294. The minimum absolute atomic E-state index is 0.0757. The van der Waals surface area contributed by atoms with Crippen LogP contribution in [0.5, 0.6) is 0 Å². The summed E-state index contributed by atoms with van der Waals surface area (Å²) in [7, 11) is -3.62. The summed E-state index contributed by atoms with van der Waals surface area (Å²) >= 11 is 5.80. The van der Waals surface area contributed by atoms with Crippen molar-refractivity contribution in [1.82, 2.24) is 9.71 Å². The van der Waals surface area contributed by atoms with Crippen molar-refractivity contribution >= 4 is 33.2 Å². The highest BCUT2D eigenvalue weighted by atomic mass is 35.5. The molecule has 1 saturated carbocycles. The number of halogens is 1. The van der Waals surface area contributed by atoms with Gasteiger partial charge in [-0.3, -0.25) is 4.79 Å². The van der Waals surface area contributed by atoms with Crippen LogP contribution in [0.25, 0.3) is 0 Å². The van der Waals surface area contributed by atoms with E-state index >= 15 is 0 Å². The maximum absolute atomic E-state index is 12.4. The third-order valence-electron chi connectivity index (χ3n) is 3.99. The molecule has 25 heavy (non-hydrogen) atoms. The molecule has 2 aromatic rings.